The number of carbonyl (C=O) groups excluding carboxylic acids is 1. The number of aryl methyl sites for hydroxylation is 1. The van der Waals surface area contributed by atoms with Crippen LogP contribution in [0.1, 0.15) is 37.3 Å². The standard InChI is InChI=1S/C26H30N10O/c1-2-16-9-17(20-11-29-6-7-30-20)10-21(35-8-5-26(28,13-35)25(37)34-18-3-4-18)19(16)12-36-15-33-22-23(27)31-14-32-24(22)36/h6-7,9-11,14-15,18H,2-5,8,12-13,28H2,1H3,(H,34,37)(H2,27,31,32). The van der Waals surface area contributed by atoms with E-state index in [1.54, 1.807) is 24.9 Å². The topological polar surface area (TPSA) is 154 Å². The second-order valence-corrected chi connectivity index (χ2v) is 9.96. The number of carbonyl (C=O) groups is 1. The van der Waals surface area contributed by atoms with Crippen molar-refractivity contribution in [3.63, 3.8) is 0 Å². The lowest BCUT2D eigenvalue weighted by Gasteiger charge is -2.28. The zero-order valence-electron chi connectivity index (χ0n) is 20.8. The molecule has 0 radical (unpaired) electrons. The third kappa shape index (κ3) is 4.35. The largest absolute Gasteiger partial charge is 0.382 e. The molecule has 1 aliphatic heterocycles. The molecular weight excluding hydrogens is 468 g/mol. The first kappa shape index (κ1) is 23.3. The van der Waals surface area contributed by atoms with Gasteiger partial charge in [0.15, 0.2) is 11.5 Å². The lowest BCUT2D eigenvalue weighted by atomic mass is 9.96. The first-order chi connectivity index (χ1) is 17.9. The molecule has 11 nitrogen and oxygen atoms in total. The van der Waals surface area contributed by atoms with Gasteiger partial charge in [-0.2, -0.15) is 0 Å². The van der Waals surface area contributed by atoms with Crippen LogP contribution in [-0.2, 0) is 17.8 Å². The second-order valence-electron chi connectivity index (χ2n) is 9.96. The minimum Gasteiger partial charge on any atom is -0.382 e. The van der Waals surface area contributed by atoms with Gasteiger partial charge >= 0.3 is 0 Å². The lowest BCUT2D eigenvalue weighted by Crippen LogP contribution is -2.56. The Labute approximate surface area is 214 Å². The normalized spacial score (nSPS) is 19.5. The van der Waals surface area contributed by atoms with Gasteiger partial charge in [0.1, 0.15) is 17.4 Å². The van der Waals surface area contributed by atoms with E-state index in [9.17, 15) is 4.79 Å². The molecule has 4 heterocycles. The fourth-order valence-electron chi connectivity index (χ4n) is 5.06. The van der Waals surface area contributed by atoms with Gasteiger partial charge in [0.2, 0.25) is 5.91 Å². The van der Waals surface area contributed by atoms with Crippen LogP contribution in [0, 0.1) is 0 Å². The third-order valence-electron chi connectivity index (χ3n) is 7.32. The van der Waals surface area contributed by atoms with Crippen LogP contribution >= 0.6 is 0 Å². The molecule has 0 spiro atoms. The Morgan fingerprint density at radius 1 is 1.19 bits per heavy atom. The molecule has 1 amide bonds. The molecule has 11 heteroatoms. The van der Waals surface area contributed by atoms with Crippen LogP contribution in [0.2, 0.25) is 0 Å². The quantitative estimate of drug-likeness (QED) is 0.345. The zero-order chi connectivity index (χ0) is 25.6. The van der Waals surface area contributed by atoms with Crippen molar-refractivity contribution in [3.8, 4) is 11.3 Å². The Morgan fingerprint density at radius 2 is 2.05 bits per heavy atom. The predicted octanol–water partition coefficient (Wildman–Crippen LogP) is 1.66. The summed E-state index contributed by atoms with van der Waals surface area (Å²) in [4.78, 5) is 37.0. The minimum atomic E-state index is -0.932. The second kappa shape index (κ2) is 9.07. The number of hydrogen-bond donors (Lipinski definition) is 3. The van der Waals surface area contributed by atoms with Gasteiger partial charge in [-0.1, -0.05) is 6.92 Å². The average molecular weight is 499 g/mol. The Bertz CT molecular complexity index is 1470. The number of hydrogen-bond acceptors (Lipinski definition) is 9. The minimum absolute atomic E-state index is 0.0624. The highest BCUT2D eigenvalue weighted by molar-refractivity contribution is 5.88. The van der Waals surface area contributed by atoms with Gasteiger partial charge in [-0.3, -0.25) is 14.8 Å². The van der Waals surface area contributed by atoms with Crippen LogP contribution in [0.5, 0.6) is 0 Å². The maximum absolute atomic E-state index is 13.0. The summed E-state index contributed by atoms with van der Waals surface area (Å²) in [5.41, 5.74) is 18.1. The summed E-state index contributed by atoms with van der Waals surface area (Å²) in [6.45, 7) is 3.78. The third-order valence-corrected chi connectivity index (χ3v) is 7.32. The maximum Gasteiger partial charge on any atom is 0.242 e. The van der Waals surface area contributed by atoms with Crippen molar-refractivity contribution >= 4 is 28.6 Å². The molecule has 0 bridgehead atoms. The number of amides is 1. The van der Waals surface area contributed by atoms with Crippen molar-refractivity contribution in [2.75, 3.05) is 23.7 Å². The van der Waals surface area contributed by atoms with E-state index in [2.05, 4.69) is 54.2 Å². The Balaban J connectivity index is 1.42. The number of benzene rings is 1. The molecule has 3 aromatic heterocycles. The van der Waals surface area contributed by atoms with Gasteiger partial charge in [0.05, 0.1) is 24.8 Å². The molecule has 37 heavy (non-hydrogen) atoms. The van der Waals surface area contributed by atoms with Crippen molar-refractivity contribution in [2.45, 2.75) is 50.7 Å². The fraction of sp³-hybridized carbons (Fsp3) is 0.385. The van der Waals surface area contributed by atoms with E-state index in [-0.39, 0.29) is 11.9 Å². The smallest absolute Gasteiger partial charge is 0.242 e. The summed E-state index contributed by atoms with van der Waals surface area (Å²) in [5, 5.41) is 3.10. The summed E-state index contributed by atoms with van der Waals surface area (Å²) in [5.74, 6) is 0.291. The molecule has 2 aliphatic rings. The molecule has 1 saturated carbocycles. The Hall–Kier alpha value is -4.12. The van der Waals surface area contributed by atoms with Crippen molar-refractivity contribution < 1.29 is 4.79 Å². The lowest BCUT2D eigenvalue weighted by molar-refractivity contribution is -0.125. The predicted molar refractivity (Wildman–Crippen MR) is 141 cm³/mol. The van der Waals surface area contributed by atoms with E-state index >= 15 is 0 Å². The number of imidazole rings is 1. The molecule has 1 aliphatic carbocycles. The number of nitrogens with one attached hydrogen (secondary N) is 1. The number of nitrogen functional groups attached to an aromatic ring is 1. The summed E-state index contributed by atoms with van der Waals surface area (Å²) < 4.78 is 1.99. The molecule has 4 aromatic rings. The Morgan fingerprint density at radius 3 is 2.81 bits per heavy atom. The van der Waals surface area contributed by atoms with Gasteiger partial charge < -0.3 is 26.3 Å². The van der Waals surface area contributed by atoms with Crippen LogP contribution in [-0.4, -0.2) is 60.1 Å². The van der Waals surface area contributed by atoms with E-state index in [1.165, 1.54) is 11.9 Å². The SMILES string of the molecule is CCc1cc(-c2cnccn2)cc(N2CCC(N)(C(=O)NC3CC3)C2)c1Cn1cnc2c(N)ncnc21. The molecule has 1 saturated heterocycles. The zero-order valence-corrected chi connectivity index (χ0v) is 20.8. The van der Waals surface area contributed by atoms with Gasteiger partial charge in [-0.05, 0) is 48.9 Å². The number of nitrogens with two attached hydrogens (primary N) is 2. The number of nitrogens with zero attached hydrogens (tertiary/aromatic N) is 7. The summed E-state index contributed by atoms with van der Waals surface area (Å²) >= 11 is 0. The van der Waals surface area contributed by atoms with Crippen LogP contribution in [0.25, 0.3) is 22.4 Å². The Kier molecular flexibility index (Phi) is 5.71. The number of aromatic nitrogens is 6. The van der Waals surface area contributed by atoms with E-state index in [0.717, 1.165) is 41.8 Å². The average Bonchev–Trinajstić information content (AvgIpc) is 3.49. The molecular formula is C26H30N10O. The molecule has 1 aromatic carbocycles. The van der Waals surface area contributed by atoms with Gasteiger partial charge in [-0.15, -0.1) is 0 Å². The maximum atomic E-state index is 13.0. The molecule has 190 valence electrons. The van der Waals surface area contributed by atoms with E-state index < -0.39 is 5.54 Å². The molecule has 1 unspecified atom stereocenters. The van der Waals surface area contributed by atoms with Crippen LogP contribution < -0.4 is 21.7 Å². The molecule has 6 rings (SSSR count). The number of fused-ring (bicyclic) bond motifs is 1. The van der Waals surface area contributed by atoms with E-state index in [0.29, 0.717) is 43.0 Å². The van der Waals surface area contributed by atoms with E-state index in [1.807, 2.05) is 4.57 Å². The molecule has 2 fully saturated rings. The highest BCUT2D eigenvalue weighted by Gasteiger charge is 2.43. The summed E-state index contributed by atoms with van der Waals surface area (Å²) in [6.07, 6.45) is 11.8. The van der Waals surface area contributed by atoms with Crippen LogP contribution in [0.4, 0.5) is 11.5 Å². The van der Waals surface area contributed by atoms with Crippen molar-refractivity contribution in [1.82, 2.24) is 34.8 Å². The summed E-state index contributed by atoms with van der Waals surface area (Å²) in [7, 11) is 0. The van der Waals surface area contributed by atoms with Crippen molar-refractivity contribution in [2.24, 2.45) is 5.73 Å². The van der Waals surface area contributed by atoms with Gasteiger partial charge in [0.25, 0.3) is 0 Å². The molecule has 1 atom stereocenters. The van der Waals surface area contributed by atoms with Crippen LogP contribution in [0.15, 0.2) is 43.4 Å². The van der Waals surface area contributed by atoms with Crippen molar-refractivity contribution in [3.05, 3.63) is 54.5 Å². The van der Waals surface area contributed by atoms with Gasteiger partial charge in [0, 0.05) is 42.8 Å². The number of anilines is 2. The fourth-order valence-corrected chi connectivity index (χ4v) is 5.06. The first-order valence-electron chi connectivity index (χ1n) is 12.6. The summed E-state index contributed by atoms with van der Waals surface area (Å²) in [6, 6.07) is 4.57. The van der Waals surface area contributed by atoms with E-state index in [4.69, 9.17) is 11.5 Å². The van der Waals surface area contributed by atoms with Crippen molar-refractivity contribution in [1.29, 1.82) is 0 Å². The highest BCUT2D eigenvalue weighted by Crippen LogP contribution is 2.36. The molecule has 5 N–H and O–H groups in total. The number of rotatable bonds is 7. The highest BCUT2D eigenvalue weighted by atomic mass is 16.2. The van der Waals surface area contributed by atoms with Gasteiger partial charge in [-0.25, -0.2) is 15.0 Å². The van der Waals surface area contributed by atoms with Crippen LogP contribution in [0.3, 0.4) is 0 Å². The monoisotopic (exact) mass is 498 g/mol. The first-order valence-corrected chi connectivity index (χ1v) is 12.6.